The molecule has 2 N–H and O–H groups in total. The Bertz CT molecular complexity index is 946. The molecule has 0 aliphatic rings. The molecule has 0 aliphatic heterocycles. The first-order valence-corrected chi connectivity index (χ1v) is 8.78. The summed E-state index contributed by atoms with van der Waals surface area (Å²) in [6.07, 6.45) is 1.81. The molecule has 27 heavy (non-hydrogen) atoms. The predicted molar refractivity (Wildman–Crippen MR) is 105 cm³/mol. The van der Waals surface area contributed by atoms with Crippen LogP contribution in [0.15, 0.2) is 65.3 Å². The number of aryl methyl sites for hydroxylation is 2. The summed E-state index contributed by atoms with van der Waals surface area (Å²) in [6, 6.07) is 16.5. The maximum Gasteiger partial charge on any atom is 0.253 e. The molecular formula is C22H22N2O3. The molecule has 0 fully saturated rings. The Hall–Kier alpha value is -3.34. The highest BCUT2D eigenvalue weighted by Crippen LogP contribution is 2.17. The average Bonchev–Trinajstić information content (AvgIpc) is 3.17. The van der Waals surface area contributed by atoms with Crippen molar-refractivity contribution >= 4 is 17.5 Å². The largest absolute Gasteiger partial charge is 0.467 e. The van der Waals surface area contributed by atoms with Gasteiger partial charge in [0.1, 0.15) is 5.76 Å². The van der Waals surface area contributed by atoms with Gasteiger partial charge in [-0.2, -0.15) is 0 Å². The van der Waals surface area contributed by atoms with Gasteiger partial charge in [0.2, 0.25) is 5.91 Å². The lowest BCUT2D eigenvalue weighted by Gasteiger charge is -2.11. The van der Waals surface area contributed by atoms with Gasteiger partial charge in [-0.1, -0.05) is 30.3 Å². The van der Waals surface area contributed by atoms with Crippen LogP contribution in [0.4, 0.5) is 5.69 Å². The predicted octanol–water partition coefficient (Wildman–Crippen LogP) is 4.01. The molecule has 3 aromatic rings. The smallest absolute Gasteiger partial charge is 0.253 e. The molecule has 3 rings (SSSR count). The summed E-state index contributed by atoms with van der Waals surface area (Å²) in [4.78, 5) is 24.9. The van der Waals surface area contributed by atoms with Crippen molar-refractivity contribution in [2.75, 3.05) is 5.32 Å². The van der Waals surface area contributed by atoms with Crippen molar-refractivity contribution in [2.24, 2.45) is 0 Å². The molecule has 0 saturated carbocycles. The highest BCUT2D eigenvalue weighted by molar-refractivity contribution is 6.04. The van der Waals surface area contributed by atoms with E-state index in [1.54, 1.807) is 42.7 Å². The van der Waals surface area contributed by atoms with Crippen molar-refractivity contribution in [1.29, 1.82) is 0 Å². The van der Waals surface area contributed by atoms with E-state index in [-0.39, 0.29) is 24.8 Å². The molecule has 0 bridgehead atoms. The van der Waals surface area contributed by atoms with E-state index in [9.17, 15) is 9.59 Å². The molecule has 0 atom stereocenters. The van der Waals surface area contributed by atoms with Crippen molar-refractivity contribution in [3.63, 3.8) is 0 Å². The molecule has 5 nitrogen and oxygen atoms in total. The van der Waals surface area contributed by atoms with Gasteiger partial charge in [0.15, 0.2) is 0 Å². The van der Waals surface area contributed by atoms with Gasteiger partial charge in [0.25, 0.3) is 5.91 Å². The van der Waals surface area contributed by atoms with Crippen molar-refractivity contribution in [1.82, 2.24) is 5.32 Å². The van der Waals surface area contributed by atoms with Crippen LogP contribution >= 0.6 is 0 Å². The summed E-state index contributed by atoms with van der Waals surface area (Å²) in [6.45, 7) is 4.35. The number of anilines is 1. The zero-order valence-electron chi connectivity index (χ0n) is 15.4. The number of hydrogen-bond donors (Lipinski definition) is 2. The second kappa shape index (κ2) is 8.36. The second-order valence-corrected chi connectivity index (χ2v) is 6.45. The van der Waals surface area contributed by atoms with Crippen molar-refractivity contribution in [3.05, 3.63) is 88.9 Å². The summed E-state index contributed by atoms with van der Waals surface area (Å²) in [5.74, 6) is 0.234. The quantitative estimate of drug-likeness (QED) is 0.696. The van der Waals surface area contributed by atoms with Crippen LogP contribution in [0.2, 0.25) is 0 Å². The topological polar surface area (TPSA) is 71.3 Å². The van der Waals surface area contributed by atoms with E-state index >= 15 is 0 Å². The molecule has 0 radical (unpaired) electrons. The van der Waals surface area contributed by atoms with Gasteiger partial charge in [-0.3, -0.25) is 9.59 Å². The van der Waals surface area contributed by atoms with Gasteiger partial charge in [-0.25, -0.2) is 0 Å². The van der Waals surface area contributed by atoms with Crippen LogP contribution in [-0.4, -0.2) is 11.8 Å². The van der Waals surface area contributed by atoms with Crippen LogP contribution in [0.25, 0.3) is 0 Å². The molecule has 0 spiro atoms. The van der Waals surface area contributed by atoms with Gasteiger partial charge in [-0.05, 0) is 54.8 Å². The summed E-state index contributed by atoms with van der Waals surface area (Å²) in [5.41, 5.74) is 4.19. The lowest BCUT2D eigenvalue weighted by atomic mass is 10.0. The highest BCUT2D eigenvalue weighted by atomic mass is 16.3. The van der Waals surface area contributed by atoms with E-state index < -0.39 is 0 Å². The third kappa shape index (κ3) is 4.85. The van der Waals surface area contributed by atoms with E-state index in [4.69, 9.17) is 4.42 Å². The first-order valence-electron chi connectivity index (χ1n) is 8.78. The van der Waals surface area contributed by atoms with E-state index in [1.165, 1.54) is 5.56 Å². The lowest BCUT2D eigenvalue weighted by molar-refractivity contribution is -0.115. The minimum absolute atomic E-state index is 0.162. The fourth-order valence-corrected chi connectivity index (χ4v) is 2.76. The average molecular weight is 362 g/mol. The van der Waals surface area contributed by atoms with Crippen molar-refractivity contribution < 1.29 is 14.0 Å². The van der Waals surface area contributed by atoms with Crippen molar-refractivity contribution in [2.45, 2.75) is 26.8 Å². The maximum absolute atomic E-state index is 12.5. The van der Waals surface area contributed by atoms with Crippen molar-refractivity contribution in [3.8, 4) is 0 Å². The molecule has 2 amide bonds. The third-order valence-electron chi connectivity index (χ3n) is 4.39. The van der Waals surface area contributed by atoms with Gasteiger partial charge >= 0.3 is 0 Å². The fraction of sp³-hybridized carbons (Fsp3) is 0.182. The number of hydrogen-bond acceptors (Lipinski definition) is 3. The third-order valence-corrected chi connectivity index (χ3v) is 4.39. The number of para-hydroxylation sites is 1. The molecule has 5 heteroatoms. The fourth-order valence-electron chi connectivity index (χ4n) is 2.76. The van der Waals surface area contributed by atoms with Crippen LogP contribution in [0, 0.1) is 13.8 Å². The molecule has 0 aliphatic carbocycles. The minimum Gasteiger partial charge on any atom is -0.467 e. The number of carbonyl (C=O) groups is 2. The number of furan rings is 1. The first-order chi connectivity index (χ1) is 13.0. The molecule has 0 saturated heterocycles. The molecule has 1 heterocycles. The zero-order chi connectivity index (χ0) is 19.2. The first kappa shape index (κ1) is 18.5. The van der Waals surface area contributed by atoms with Crippen LogP contribution in [0.1, 0.15) is 32.8 Å². The normalized spacial score (nSPS) is 10.4. The van der Waals surface area contributed by atoms with E-state index in [0.29, 0.717) is 17.0 Å². The molecule has 1 aromatic heterocycles. The Balaban J connectivity index is 1.66. The van der Waals surface area contributed by atoms with Crippen LogP contribution in [-0.2, 0) is 17.8 Å². The van der Waals surface area contributed by atoms with E-state index in [2.05, 4.69) is 10.6 Å². The number of amides is 2. The Morgan fingerprint density at radius 1 is 0.963 bits per heavy atom. The lowest BCUT2D eigenvalue weighted by Crippen LogP contribution is -2.25. The molecule has 2 aromatic carbocycles. The second-order valence-electron chi connectivity index (χ2n) is 6.45. The number of benzene rings is 2. The van der Waals surface area contributed by atoms with E-state index in [1.807, 2.05) is 32.0 Å². The zero-order valence-corrected chi connectivity index (χ0v) is 15.4. The minimum atomic E-state index is -0.270. The molecule has 138 valence electrons. The monoisotopic (exact) mass is 362 g/mol. The van der Waals surface area contributed by atoms with Gasteiger partial charge in [-0.15, -0.1) is 0 Å². The van der Waals surface area contributed by atoms with Crippen LogP contribution in [0.3, 0.4) is 0 Å². The number of nitrogens with one attached hydrogen (secondary N) is 2. The van der Waals surface area contributed by atoms with Crippen LogP contribution in [0.5, 0.6) is 0 Å². The Labute approximate surface area is 158 Å². The van der Waals surface area contributed by atoms with Gasteiger partial charge < -0.3 is 15.1 Å². The Kier molecular flexibility index (Phi) is 5.71. The summed E-state index contributed by atoms with van der Waals surface area (Å²) >= 11 is 0. The van der Waals surface area contributed by atoms with Crippen LogP contribution < -0.4 is 10.6 Å². The summed E-state index contributed by atoms with van der Waals surface area (Å²) < 4.78 is 5.21. The SMILES string of the molecule is Cc1ccc(CC(=O)Nc2ccccc2C(=O)NCc2ccco2)cc1C. The van der Waals surface area contributed by atoms with E-state index in [0.717, 1.165) is 11.1 Å². The Morgan fingerprint density at radius 3 is 2.52 bits per heavy atom. The summed E-state index contributed by atoms with van der Waals surface area (Å²) in [7, 11) is 0. The standard InChI is InChI=1S/C22H22N2O3/c1-15-9-10-17(12-16(15)2)13-21(25)24-20-8-4-3-7-19(20)22(26)23-14-18-6-5-11-27-18/h3-12H,13-14H2,1-2H3,(H,23,26)(H,24,25). The van der Waals surface area contributed by atoms with Gasteiger partial charge in [0.05, 0.1) is 30.5 Å². The number of carbonyl (C=O) groups excluding carboxylic acids is 2. The molecular weight excluding hydrogens is 340 g/mol. The summed E-state index contributed by atoms with van der Waals surface area (Å²) in [5, 5.41) is 5.64. The maximum atomic E-state index is 12.5. The van der Waals surface area contributed by atoms with Gasteiger partial charge in [0, 0.05) is 0 Å². The Morgan fingerprint density at radius 2 is 1.78 bits per heavy atom. The highest BCUT2D eigenvalue weighted by Gasteiger charge is 2.14. The number of rotatable bonds is 6. The molecule has 0 unspecified atom stereocenters.